The van der Waals surface area contributed by atoms with Crippen molar-refractivity contribution in [3.05, 3.63) is 82.7 Å². The molecule has 0 atom stereocenters. The van der Waals surface area contributed by atoms with Crippen LogP contribution >= 0.6 is 15.9 Å². The zero-order valence-corrected chi connectivity index (χ0v) is 24.4. The fraction of sp³-hybridized carbons (Fsp3) is 0.267. The lowest BCUT2D eigenvalue weighted by Gasteiger charge is -2.20. The van der Waals surface area contributed by atoms with Gasteiger partial charge in [-0.2, -0.15) is 0 Å². The maximum atomic E-state index is 12.8. The van der Waals surface area contributed by atoms with Gasteiger partial charge in [-0.15, -0.1) is 0 Å². The molecule has 2 amide bonds. The van der Waals surface area contributed by atoms with Crippen molar-refractivity contribution in [2.24, 2.45) is 0 Å². The number of amides is 2. The standard InChI is InChI=1S/C30H31BrN4O5/c1-19-23-16-21(31)17-26(27(23)33-18-32-19)39-15-7-14-38-22-12-10-20(11-13-22)28(36)34-24-8-5-6-9-25(24)35-29(37)40-30(2,3)4/h5-6,8-13,16-18H,7,14-15H2,1-4H3,(H,34,36)(H,35,37). The van der Waals surface area contributed by atoms with Gasteiger partial charge in [-0.3, -0.25) is 10.1 Å². The molecule has 10 heteroatoms. The van der Waals surface area contributed by atoms with Crippen molar-refractivity contribution in [1.29, 1.82) is 0 Å². The smallest absolute Gasteiger partial charge is 0.412 e. The van der Waals surface area contributed by atoms with E-state index < -0.39 is 11.7 Å². The van der Waals surface area contributed by atoms with Crippen LogP contribution in [0.3, 0.4) is 0 Å². The molecule has 1 aromatic heterocycles. The topological polar surface area (TPSA) is 112 Å². The Morgan fingerprint density at radius 2 is 1.57 bits per heavy atom. The molecular weight excluding hydrogens is 576 g/mol. The van der Waals surface area contributed by atoms with Crippen molar-refractivity contribution in [1.82, 2.24) is 9.97 Å². The van der Waals surface area contributed by atoms with E-state index in [9.17, 15) is 9.59 Å². The van der Waals surface area contributed by atoms with Crippen molar-refractivity contribution >= 4 is 50.2 Å². The number of nitrogens with zero attached hydrogens (tertiary/aromatic N) is 2. The van der Waals surface area contributed by atoms with Crippen molar-refractivity contribution in [3.63, 3.8) is 0 Å². The van der Waals surface area contributed by atoms with E-state index in [1.165, 1.54) is 6.33 Å². The largest absolute Gasteiger partial charge is 0.493 e. The van der Waals surface area contributed by atoms with Crippen molar-refractivity contribution in [3.8, 4) is 11.5 Å². The number of hydrogen-bond acceptors (Lipinski definition) is 7. The summed E-state index contributed by atoms with van der Waals surface area (Å²) in [5, 5.41) is 6.45. The van der Waals surface area contributed by atoms with Crippen LogP contribution in [0.15, 0.2) is 71.5 Å². The second kappa shape index (κ2) is 12.8. The third-order valence-electron chi connectivity index (χ3n) is 5.61. The highest BCUT2D eigenvalue weighted by Crippen LogP contribution is 2.30. The highest BCUT2D eigenvalue weighted by Gasteiger charge is 2.18. The maximum absolute atomic E-state index is 12.8. The number of carbonyl (C=O) groups is 2. The fourth-order valence-electron chi connectivity index (χ4n) is 3.78. The lowest BCUT2D eigenvalue weighted by atomic mass is 10.2. The van der Waals surface area contributed by atoms with Gasteiger partial charge >= 0.3 is 6.09 Å². The van der Waals surface area contributed by atoms with Crippen LogP contribution in [0.1, 0.15) is 43.2 Å². The Labute approximate surface area is 241 Å². The molecule has 9 nitrogen and oxygen atoms in total. The van der Waals surface area contributed by atoms with Gasteiger partial charge < -0.3 is 19.5 Å². The predicted octanol–water partition coefficient (Wildman–Crippen LogP) is 7.15. The zero-order chi connectivity index (χ0) is 28.7. The molecule has 0 fully saturated rings. The molecular formula is C30H31BrN4O5. The molecule has 0 saturated heterocycles. The average Bonchev–Trinajstić information content (AvgIpc) is 2.89. The second-order valence-electron chi connectivity index (χ2n) is 9.96. The van der Waals surface area contributed by atoms with Crippen LogP contribution in [0, 0.1) is 6.92 Å². The number of hydrogen-bond donors (Lipinski definition) is 2. The van der Waals surface area contributed by atoms with E-state index >= 15 is 0 Å². The van der Waals surface area contributed by atoms with E-state index in [1.54, 1.807) is 69.3 Å². The lowest BCUT2D eigenvalue weighted by Crippen LogP contribution is -2.27. The molecule has 0 bridgehead atoms. The third-order valence-corrected chi connectivity index (χ3v) is 6.07. The highest BCUT2D eigenvalue weighted by molar-refractivity contribution is 9.10. The van der Waals surface area contributed by atoms with E-state index in [4.69, 9.17) is 14.2 Å². The van der Waals surface area contributed by atoms with Crippen molar-refractivity contribution in [2.45, 2.75) is 39.7 Å². The van der Waals surface area contributed by atoms with Crippen LogP contribution in [-0.4, -0.2) is 40.8 Å². The summed E-state index contributed by atoms with van der Waals surface area (Å²) in [4.78, 5) is 33.6. The van der Waals surface area contributed by atoms with Gasteiger partial charge in [0.05, 0.1) is 24.6 Å². The Morgan fingerprint density at radius 1 is 0.900 bits per heavy atom. The first-order valence-electron chi connectivity index (χ1n) is 12.8. The number of aromatic nitrogens is 2. The van der Waals surface area contributed by atoms with Gasteiger partial charge in [0.25, 0.3) is 5.91 Å². The average molecular weight is 608 g/mol. The Kier molecular flexibility index (Phi) is 9.21. The number of ether oxygens (including phenoxy) is 3. The summed E-state index contributed by atoms with van der Waals surface area (Å²) in [6, 6.07) is 17.6. The second-order valence-corrected chi connectivity index (χ2v) is 10.9. The Hall–Kier alpha value is -4.18. The van der Waals surface area contributed by atoms with Crippen LogP contribution in [0.4, 0.5) is 16.2 Å². The summed E-state index contributed by atoms with van der Waals surface area (Å²) in [6.07, 6.45) is 1.59. The minimum Gasteiger partial charge on any atom is -0.493 e. The predicted molar refractivity (Wildman–Crippen MR) is 158 cm³/mol. The number of halogens is 1. The summed E-state index contributed by atoms with van der Waals surface area (Å²) in [5.74, 6) is 1.01. The molecule has 0 unspecified atom stereocenters. The van der Waals surface area contributed by atoms with Crippen LogP contribution in [0.2, 0.25) is 0 Å². The maximum Gasteiger partial charge on any atom is 0.412 e. The van der Waals surface area contributed by atoms with Crippen LogP contribution < -0.4 is 20.1 Å². The molecule has 0 radical (unpaired) electrons. The lowest BCUT2D eigenvalue weighted by molar-refractivity contribution is 0.0635. The molecule has 4 rings (SSSR count). The first-order chi connectivity index (χ1) is 19.1. The molecule has 0 aliphatic rings. The normalized spacial score (nSPS) is 11.1. The number of nitrogens with one attached hydrogen (secondary N) is 2. The molecule has 0 aliphatic heterocycles. The zero-order valence-electron chi connectivity index (χ0n) is 22.8. The quantitative estimate of drug-likeness (QED) is 0.195. The Bertz CT molecular complexity index is 1500. The first kappa shape index (κ1) is 28.8. The molecule has 0 saturated carbocycles. The van der Waals surface area contributed by atoms with Gasteiger partial charge in [-0.1, -0.05) is 28.1 Å². The summed E-state index contributed by atoms with van der Waals surface area (Å²) in [5.41, 5.74) is 2.36. The Balaban J connectivity index is 1.27. The third kappa shape index (κ3) is 7.92. The van der Waals surface area contributed by atoms with Crippen LogP contribution in [0.5, 0.6) is 11.5 Å². The van der Waals surface area contributed by atoms with E-state index in [0.29, 0.717) is 48.1 Å². The number of anilines is 2. The van der Waals surface area contributed by atoms with Crippen LogP contribution in [-0.2, 0) is 4.74 Å². The molecule has 3 aromatic carbocycles. The number of fused-ring (bicyclic) bond motifs is 1. The summed E-state index contributed by atoms with van der Waals surface area (Å²) in [7, 11) is 0. The van der Waals surface area contributed by atoms with Crippen molar-refractivity contribution in [2.75, 3.05) is 23.8 Å². The minimum atomic E-state index is -0.637. The molecule has 1 heterocycles. The van der Waals surface area contributed by atoms with Crippen LogP contribution in [0.25, 0.3) is 10.9 Å². The van der Waals surface area contributed by atoms with Gasteiger partial charge in [0.15, 0.2) is 0 Å². The molecule has 40 heavy (non-hydrogen) atoms. The molecule has 208 valence electrons. The molecule has 0 spiro atoms. The van der Waals surface area contributed by atoms with Gasteiger partial charge in [0.2, 0.25) is 0 Å². The highest BCUT2D eigenvalue weighted by atomic mass is 79.9. The van der Waals surface area contributed by atoms with Gasteiger partial charge in [-0.25, -0.2) is 14.8 Å². The number of aryl methyl sites for hydroxylation is 1. The molecule has 2 N–H and O–H groups in total. The number of benzene rings is 3. The van der Waals surface area contributed by atoms with Gasteiger partial charge in [0.1, 0.15) is 28.9 Å². The first-order valence-corrected chi connectivity index (χ1v) is 13.6. The number of rotatable bonds is 9. The van der Waals surface area contributed by atoms with Gasteiger partial charge in [-0.05, 0) is 76.2 Å². The number of carbonyl (C=O) groups excluding carboxylic acids is 2. The molecule has 4 aromatic rings. The summed E-state index contributed by atoms with van der Waals surface area (Å²) in [6.45, 7) is 8.17. The minimum absolute atomic E-state index is 0.321. The van der Waals surface area contributed by atoms with Gasteiger partial charge in [0, 0.05) is 27.5 Å². The summed E-state index contributed by atoms with van der Waals surface area (Å²) >= 11 is 3.52. The van der Waals surface area contributed by atoms with E-state index in [2.05, 4.69) is 36.5 Å². The Morgan fingerprint density at radius 3 is 2.27 bits per heavy atom. The SMILES string of the molecule is Cc1ncnc2c(OCCCOc3ccc(C(=O)Nc4ccccc4NC(=O)OC(C)(C)C)cc3)cc(Br)cc12. The molecule has 0 aliphatic carbocycles. The fourth-order valence-corrected chi connectivity index (χ4v) is 4.22. The van der Waals surface area contributed by atoms with E-state index in [-0.39, 0.29) is 5.91 Å². The van der Waals surface area contributed by atoms with E-state index in [0.717, 1.165) is 21.1 Å². The monoisotopic (exact) mass is 606 g/mol. The van der Waals surface area contributed by atoms with Crippen molar-refractivity contribution < 1.29 is 23.8 Å². The van der Waals surface area contributed by atoms with E-state index in [1.807, 2.05) is 19.1 Å². The summed E-state index contributed by atoms with van der Waals surface area (Å²) < 4.78 is 18.0. The number of para-hydroxylation sites is 2.